The Hall–Kier alpha value is -1.29. The van der Waals surface area contributed by atoms with Crippen LogP contribution in [0, 0.1) is 5.41 Å². The van der Waals surface area contributed by atoms with Crippen LogP contribution in [0.3, 0.4) is 0 Å². The highest BCUT2D eigenvalue weighted by Gasteiger charge is 2.26. The average molecular weight is 271 g/mol. The molecular formula is C13H19ClN2O2. The van der Waals surface area contributed by atoms with Crippen molar-refractivity contribution < 1.29 is 4.79 Å². The number of nitrogens with zero attached hydrogens (tertiary/aromatic N) is 1. The number of carbonyl (C=O) groups excluding carboxylic acids is 1. The molecule has 0 aliphatic rings. The van der Waals surface area contributed by atoms with Crippen molar-refractivity contribution in [1.29, 1.82) is 0 Å². The van der Waals surface area contributed by atoms with E-state index in [2.05, 4.69) is 5.32 Å². The van der Waals surface area contributed by atoms with Crippen LogP contribution in [0.5, 0.6) is 0 Å². The third kappa shape index (κ3) is 3.60. The predicted molar refractivity (Wildman–Crippen MR) is 74.1 cm³/mol. The fourth-order valence-electron chi connectivity index (χ4n) is 1.38. The summed E-state index contributed by atoms with van der Waals surface area (Å²) >= 11 is 5.74. The van der Waals surface area contributed by atoms with Gasteiger partial charge >= 0.3 is 0 Å². The van der Waals surface area contributed by atoms with E-state index in [1.807, 2.05) is 6.92 Å². The SMILES string of the molecule is CCCn1cc(NC(=O)C(C)(C)CCl)ccc1=O. The van der Waals surface area contributed by atoms with Gasteiger partial charge in [0, 0.05) is 24.7 Å². The van der Waals surface area contributed by atoms with Gasteiger partial charge in [0.2, 0.25) is 5.91 Å². The highest BCUT2D eigenvalue weighted by molar-refractivity contribution is 6.20. The number of aromatic nitrogens is 1. The molecule has 1 N–H and O–H groups in total. The van der Waals surface area contributed by atoms with Crippen LogP contribution in [-0.4, -0.2) is 16.4 Å². The summed E-state index contributed by atoms with van der Waals surface area (Å²) in [7, 11) is 0. The Morgan fingerprint density at radius 1 is 1.44 bits per heavy atom. The second kappa shape index (κ2) is 6.05. The van der Waals surface area contributed by atoms with Crippen LogP contribution in [0.15, 0.2) is 23.1 Å². The molecular weight excluding hydrogens is 252 g/mol. The van der Waals surface area contributed by atoms with Crippen molar-refractivity contribution >= 4 is 23.2 Å². The van der Waals surface area contributed by atoms with E-state index >= 15 is 0 Å². The van der Waals surface area contributed by atoms with E-state index in [4.69, 9.17) is 11.6 Å². The quantitative estimate of drug-likeness (QED) is 0.836. The van der Waals surface area contributed by atoms with Crippen molar-refractivity contribution in [1.82, 2.24) is 4.57 Å². The van der Waals surface area contributed by atoms with Crippen molar-refractivity contribution in [2.45, 2.75) is 33.7 Å². The zero-order valence-corrected chi connectivity index (χ0v) is 11.8. The minimum Gasteiger partial charge on any atom is -0.324 e. The number of hydrogen-bond donors (Lipinski definition) is 1. The number of rotatable bonds is 5. The molecule has 5 heteroatoms. The minimum absolute atomic E-state index is 0.0635. The number of amides is 1. The number of alkyl halides is 1. The molecule has 1 rings (SSSR count). The van der Waals surface area contributed by atoms with Crippen molar-refractivity contribution in [3.05, 3.63) is 28.7 Å². The highest BCUT2D eigenvalue weighted by atomic mass is 35.5. The largest absolute Gasteiger partial charge is 0.324 e. The molecule has 1 heterocycles. The van der Waals surface area contributed by atoms with E-state index in [0.717, 1.165) is 6.42 Å². The number of hydrogen-bond acceptors (Lipinski definition) is 2. The first-order valence-electron chi connectivity index (χ1n) is 5.98. The summed E-state index contributed by atoms with van der Waals surface area (Å²) in [4.78, 5) is 23.5. The Bertz CT molecular complexity index is 480. The molecule has 0 bridgehead atoms. The summed E-state index contributed by atoms with van der Waals surface area (Å²) in [5.74, 6) is 0.0900. The Kier molecular flexibility index (Phi) is 4.96. The normalized spacial score (nSPS) is 11.3. The number of pyridine rings is 1. The smallest absolute Gasteiger partial charge is 0.250 e. The molecule has 0 aliphatic heterocycles. The van der Waals surface area contributed by atoms with Gasteiger partial charge < -0.3 is 9.88 Å². The lowest BCUT2D eigenvalue weighted by Gasteiger charge is -2.20. The molecule has 4 nitrogen and oxygen atoms in total. The fraction of sp³-hybridized carbons (Fsp3) is 0.538. The molecule has 0 aliphatic carbocycles. The maximum atomic E-state index is 11.9. The van der Waals surface area contributed by atoms with E-state index < -0.39 is 5.41 Å². The Labute approximate surface area is 112 Å². The number of carbonyl (C=O) groups is 1. The first-order chi connectivity index (χ1) is 8.40. The maximum Gasteiger partial charge on any atom is 0.250 e. The number of aryl methyl sites for hydroxylation is 1. The van der Waals surface area contributed by atoms with Crippen molar-refractivity contribution in [2.24, 2.45) is 5.41 Å². The third-order valence-electron chi connectivity index (χ3n) is 2.65. The average Bonchev–Trinajstić information content (AvgIpc) is 2.33. The van der Waals surface area contributed by atoms with Gasteiger partial charge in [0.25, 0.3) is 5.56 Å². The van der Waals surface area contributed by atoms with Gasteiger partial charge in [0.15, 0.2) is 0 Å². The van der Waals surface area contributed by atoms with E-state index in [9.17, 15) is 9.59 Å². The van der Waals surface area contributed by atoms with Gasteiger partial charge in [-0.05, 0) is 26.3 Å². The molecule has 1 aromatic heterocycles. The Morgan fingerprint density at radius 3 is 2.67 bits per heavy atom. The lowest BCUT2D eigenvalue weighted by atomic mass is 9.95. The standard InChI is InChI=1S/C13H19ClN2O2/c1-4-7-16-8-10(5-6-11(16)17)15-12(18)13(2,3)9-14/h5-6,8H,4,7,9H2,1-3H3,(H,15,18). The van der Waals surface area contributed by atoms with Crippen LogP contribution < -0.4 is 10.9 Å². The van der Waals surface area contributed by atoms with E-state index in [1.165, 1.54) is 6.07 Å². The second-order valence-electron chi connectivity index (χ2n) is 4.92. The van der Waals surface area contributed by atoms with Gasteiger partial charge in [-0.1, -0.05) is 6.92 Å². The molecule has 0 saturated carbocycles. The van der Waals surface area contributed by atoms with Crippen LogP contribution in [0.2, 0.25) is 0 Å². The summed E-state index contributed by atoms with van der Waals surface area (Å²) in [6.45, 7) is 6.19. The van der Waals surface area contributed by atoms with Crippen molar-refractivity contribution in [3.8, 4) is 0 Å². The fourth-order valence-corrected chi connectivity index (χ4v) is 1.50. The molecule has 0 spiro atoms. The summed E-state index contributed by atoms with van der Waals surface area (Å²) in [6, 6.07) is 3.07. The van der Waals surface area contributed by atoms with Gasteiger partial charge in [-0.25, -0.2) is 0 Å². The van der Waals surface area contributed by atoms with E-state index in [0.29, 0.717) is 12.2 Å². The van der Waals surface area contributed by atoms with Crippen LogP contribution >= 0.6 is 11.6 Å². The second-order valence-corrected chi connectivity index (χ2v) is 5.19. The molecule has 0 atom stereocenters. The summed E-state index contributed by atoms with van der Waals surface area (Å²) < 4.78 is 1.59. The predicted octanol–water partition coefficient (Wildman–Crippen LogP) is 2.46. The zero-order chi connectivity index (χ0) is 13.8. The van der Waals surface area contributed by atoms with Gasteiger partial charge in [-0.3, -0.25) is 9.59 Å². The van der Waals surface area contributed by atoms with Crippen LogP contribution in [0.4, 0.5) is 5.69 Å². The first-order valence-corrected chi connectivity index (χ1v) is 6.52. The Morgan fingerprint density at radius 2 is 2.11 bits per heavy atom. The van der Waals surface area contributed by atoms with Crippen molar-refractivity contribution in [3.63, 3.8) is 0 Å². The first kappa shape index (κ1) is 14.8. The van der Waals surface area contributed by atoms with Gasteiger partial charge in [0.1, 0.15) is 0 Å². The van der Waals surface area contributed by atoms with E-state index in [1.54, 1.807) is 30.7 Å². The van der Waals surface area contributed by atoms with Crippen LogP contribution in [0.25, 0.3) is 0 Å². The summed E-state index contributed by atoms with van der Waals surface area (Å²) in [5, 5.41) is 2.78. The van der Waals surface area contributed by atoms with Crippen molar-refractivity contribution in [2.75, 3.05) is 11.2 Å². The number of halogens is 1. The molecule has 0 radical (unpaired) electrons. The molecule has 18 heavy (non-hydrogen) atoms. The molecule has 1 aromatic rings. The monoisotopic (exact) mass is 270 g/mol. The minimum atomic E-state index is -0.632. The maximum absolute atomic E-state index is 11.9. The molecule has 0 saturated heterocycles. The number of anilines is 1. The molecule has 100 valence electrons. The molecule has 1 amide bonds. The summed E-state index contributed by atoms with van der Waals surface area (Å²) in [6.07, 6.45) is 2.53. The van der Waals surface area contributed by atoms with E-state index in [-0.39, 0.29) is 17.3 Å². The molecule has 0 fully saturated rings. The highest BCUT2D eigenvalue weighted by Crippen LogP contribution is 2.19. The molecule has 0 aromatic carbocycles. The zero-order valence-electron chi connectivity index (χ0n) is 11.0. The van der Waals surface area contributed by atoms with Crippen LogP contribution in [0.1, 0.15) is 27.2 Å². The topological polar surface area (TPSA) is 51.1 Å². The molecule has 0 unspecified atom stereocenters. The van der Waals surface area contributed by atoms with Crippen LogP contribution in [-0.2, 0) is 11.3 Å². The van der Waals surface area contributed by atoms with Gasteiger partial charge in [-0.2, -0.15) is 0 Å². The number of nitrogens with one attached hydrogen (secondary N) is 1. The third-order valence-corrected chi connectivity index (χ3v) is 3.32. The lowest BCUT2D eigenvalue weighted by molar-refractivity contribution is -0.122. The van der Waals surface area contributed by atoms with Gasteiger partial charge in [-0.15, -0.1) is 11.6 Å². The Balaban J connectivity index is 2.89. The summed E-state index contributed by atoms with van der Waals surface area (Å²) in [5.41, 5.74) is -0.0782. The van der Waals surface area contributed by atoms with Gasteiger partial charge in [0.05, 0.1) is 11.1 Å². The lowest BCUT2D eigenvalue weighted by Crippen LogP contribution is -2.32.